The molecule has 0 radical (unpaired) electrons. The van der Waals surface area contributed by atoms with Crippen LogP contribution in [-0.4, -0.2) is 47.9 Å². The molecule has 0 aliphatic rings. The number of nitrogens with two attached hydrogens (primary N) is 1. The third-order valence-electron chi connectivity index (χ3n) is 2.63. The molecular formula is C13H23N5O2S. The predicted molar refractivity (Wildman–Crippen MR) is 85.5 cm³/mol. The maximum Gasteiger partial charge on any atom is 0.267 e. The Morgan fingerprint density at radius 2 is 2.00 bits per heavy atom. The number of nitrogens with zero attached hydrogens (tertiary/aromatic N) is 2. The van der Waals surface area contributed by atoms with Gasteiger partial charge in [0.05, 0.1) is 0 Å². The molecule has 2 amide bonds. The zero-order valence-electron chi connectivity index (χ0n) is 13.1. The van der Waals surface area contributed by atoms with Gasteiger partial charge in [-0.15, -0.1) is 0 Å². The van der Waals surface area contributed by atoms with Crippen molar-refractivity contribution < 1.29 is 9.59 Å². The highest BCUT2D eigenvalue weighted by molar-refractivity contribution is 7.18. The molecule has 118 valence electrons. The summed E-state index contributed by atoms with van der Waals surface area (Å²) < 4.78 is 0. The molecule has 0 aromatic carbocycles. The molecule has 1 aromatic heterocycles. The molecule has 0 saturated heterocycles. The van der Waals surface area contributed by atoms with E-state index in [2.05, 4.69) is 15.6 Å². The van der Waals surface area contributed by atoms with E-state index in [9.17, 15) is 9.59 Å². The van der Waals surface area contributed by atoms with E-state index >= 15 is 0 Å². The van der Waals surface area contributed by atoms with Crippen molar-refractivity contribution in [1.82, 2.24) is 15.2 Å². The number of thiazole rings is 1. The first kappa shape index (κ1) is 17.2. The Hall–Kier alpha value is -1.83. The first-order valence-electron chi connectivity index (χ1n) is 6.64. The first-order valence-corrected chi connectivity index (χ1v) is 7.46. The number of aromatic nitrogens is 1. The lowest BCUT2D eigenvalue weighted by atomic mass is 10.1. The molecule has 1 heterocycles. The molecule has 0 aliphatic carbocycles. The third-order valence-corrected chi connectivity index (χ3v) is 3.60. The number of carbonyl (C=O) groups is 2. The van der Waals surface area contributed by atoms with Gasteiger partial charge in [-0.3, -0.25) is 9.59 Å². The zero-order valence-corrected chi connectivity index (χ0v) is 13.9. The summed E-state index contributed by atoms with van der Waals surface area (Å²) in [5.74, 6) is -0.124. The molecule has 1 aromatic rings. The van der Waals surface area contributed by atoms with Gasteiger partial charge in [0.15, 0.2) is 5.13 Å². The quantitative estimate of drug-likeness (QED) is 0.757. The van der Waals surface area contributed by atoms with E-state index in [4.69, 9.17) is 5.73 Å². The average Bonchev–Trinajstić information content (AvgIpc) is 2.72. The maximum atomic E-state index is 12.3. The van der Waals surface area contributed by atoms with Gasteiger partial charge in [-0.2, -0.15) is 0 Å². The van der Waals surface area contributed by atoms with Crippen LogP contribution in [0.3, 0.4) is 0 Å². The van der Waals surface area contributed by atoms with Gasteiger partial charge in [0.25, 0.3) is 5.91 Å². The predicted octanol–water partition coefficient (Wildman–Crippen LogP) is 1.14. The largest absolute Gasteiger partial charge is 0.382 e. The number of nitrogen functional groups attached to an aromatic ring is 1. The fourth-order valence-electron chi connectivity index (χ4n) is 1.53. The molecule has 0 spiro atoms. The topological polar surface area (TPSA) is 100 Å². The number of hydrogen-bond donors (Lipinski definition) is 3. The normalized spacial score (nSPS) is 11.1. The van der Waals surface area contributed by atoms with Gasteiger partial charge in [-0.25, -0.2) is 4.98 Å². The van der Waals surface area contributed by atoms with Crippen LogP contribution in [0.25, 0.3) is 0 Å². The smallest absolute Gasteiger partial charge is 0.267 e. The van der Waals surface area contributed by atoms with Gasteiger partial charge in [0, 0.05) is 32.6 Å². The van der Waals surface area contributed by atoms with Crippen LogP contribution in [0.15, 0.2) is 0 Å². The van der Waals surface area contributed by atoms with Gasteiger partial charge in [0.1, 0.15) is 10.7 Å². The minimum absolute atomic E-state index is 0.109. The summed E-state index contributed by atoms with van der Waals surface area (Å²) in [4.78, 5) is 29.5. The Labute approximate surface area is 128 Å². The van der Waals surface area contributed by atoms with Crippen molar-refractivity contribution in [3.8, 4) is 0 Å². The van der Waals surface area contributed by atoms with Crippen molar-refractivity contribution in [2.24, 2.45) is 0 Å². The number of rotatable bonds is 5. The summed E-state index contributed by atoms with van der Waals surface area (Å²) in [6.45, 7) is 6.34. The summed E-state index contributed by atoms with van der Waals surface area (Å²) >= 11 is 1.22. The van der Waals surface area contributed by atoms with Crippen LogP contribution in [0, 0.1) is 0 Å². The Morgan fingerprint density at radius 3 is 2.52 bits per heavy atom. The minimum atomic E-state index is -0.226. The van der Waals surface area contributed by atoms with Crippen molar-refractivity contribution in [3.63, 3.8) is 0 Å². The van der Waals surface area contributed by atoms with Crippen molar-refractivity contribution >= 4 is 34.1 Å². The minimum Gasteiger partial charge on any atom is -0.382 e. The molecule has 8 heteroatoms. The molecule has 0 bridgehead atoms. The second-order valence-electron chi connectivity index (χ2n) is 5.76. The van der Waals surface area contributed by atoms with E-state index in [0.717, 1.165) is 0 Å². The van der Waals surface area contributed by atoms with Crippen molar-refractivity contribution in [2.45, 2.75) is 32.7 Å². The molecule has 0 aliphatic heterocycles. The lowest BCUT2D eigenvalue weighted by molar-refractivity contribution is -0.120. The van der Waals surface area contributed by atoms with E-state index < -0.39 is 0 Å². The highest BCUT2D eigenvalue weighted by Gasteiger charge is 2.21. The Kier molecular flexibility index (Phi) is 5.54. The summed E-state index contributed by atoms with van der Waals surface area (Å²) in [6, 6.07) is 0. The second-order valence-corrected chi connectivity index (χ2v) is 6.76. The lowest BCUT2D eigenvalue weighted by Gasteiger charge is -2.19. The fraction of sp³-hybridized carbons (Fsp3) is 0.615. The molecule has 0 atom stereocenters. The maximum absolute atomic E-state index is 12.3. The third kappa shape index (κ3) is 5.22. The molecular weight excluding hydrogens is 290 g/mol. The van der Waals surface area contributed by atoms with Crippen molar-refractivity contribution in [3.05, 3.63) is 4.88 Å². The van der Waals surface area contributed by atoms with Gasteiger partial charge in [-0.1, -0.05) is 11.3 Å². The van der Waals surface area contributed by atoms with Crippen molar-refractivity contribution in [1.29, 1.82) is 0 Å². The van der Waals surface area contributed by atoms with Gasteiger partial charge in [-0.05, 0) is 20.8 Å². The standard InChI is InChI=1S/C13H23N5O2S/c1-13(2,3)17-12-16-10(14)9(21-12)11(20)18(5)7-6-8(19)15-4/h6-7,14H2,1-5H3,(H,15,19)(H,16,17). The van der Waals surface area contributed by atoms with Crippen LogP contribution >= 0.6 is 11.3 Å². The van der Waals surface area contributed by atoms with Crippen LogP contribution < -0.4 is 16.4 Å². The molecule has 0 saturated carbocycles. The SMILES string of the molecule is CNC(=O)CCN(C)C(=O)c1sc(NC(C)(C)C)nc1N. The Morgan fingerprint density at radius 1 is 1.38 bits per heavy atom. The van der Waals surface area contributed by atoms with Crippen LogP contribution in [0.4, 0.5) is 10.9 Å². The molecule has 4 N–H and O–H groups in total. The number of hydrogen-bond acceptors (Lipinski definition) is 6. The second kappa shape index (κ2) is 6.75. The molecule has 0 fully saturated rings. The first-order chi connectivity index (χ1) is 9.64. The fourth-order valence-corrected chi connectivity index (χ4v) is 2.62. The average molecular weight is 313 g/mol. The summed E-state index contributed by atoms with van der Waals surface area (Å²) in [5.41, 5.74) is 5.66. The Bertz CT molecular complexity index is 521. The number of anilines is 2. The number of carbonyl (C=O) groups excluding carboxylic acids is 2. The molecule has 1 rings (SSSR count). The van der Waals surface area contributed by atoms with Crippen LogP contribution in [0.5, 0.6) is 0 Å². The number of nitrogens with one attached hydrogen (secondary N) is 2. The summed E-state index contributed by atoms with van der Waals surface area (Å²) in [6.07, 6.45) is 0.255. The van der Waals surface area contributed by atoms with E-state index in [1.165, 1.54) is 16.2 Å². The van der Waals surface area contributed by atoms with E-state index in [1.807, 2.05) is 20.8 Å². The van der Waals surface area contributed by atoms with Gasteiger partial charge < -0.3 is 21.3 Å². The van der Waals surface area contributed by atoms with Crippen LogP contribution in [0.2, 0.25) is 0 Å². The monoisotopic (exact) mass is 313 g/mol. The highest BCUT2D eigenvalue weighted by atomic mass is 32.1. The highest BCUT2D eigenvalue weighted by Crippen LogP contribution is 2.28. The molecule has 7 nitrogen and oxygen atoms in total. The van der Waals surface area contributed by atoms with Crippen molar-refractivity contribution in [2.75, 3.05) is 31.7 Å². The molecule has 21 heavy (non-hydrogen) atoms. The molecule has 0 unspecified atom stereocenters. The Balaban J connectivity index is 2.76. The van der Waals surface area contributed by atoms with Gasteiger partial charge in [0.2, 0.25) is 5.91 Å². The van der Waals surface area contributed by atoms with E-state index in [0.29, 0.717) is 16.6 Å². The van der Waals surface area contributed by atoms with Gasteiger partial charge >= 0.3 is 0 Å². The van der Waals surface area contributed by atoms with E-state index in [1.54, 1.807) is 14.1 Å². The summed E-state index contributed by atoms with van der Waals surface area (Å²) in [7, 11) is 3.21. The lowest BCUT2D eigenvalue weighted by Crippen LogP contribution is -2.31. The summed E-state index contributed by atoms with van der Waals surface area (Å²) in [5, 5.41) is 6.32. The van der Waals surface area contributed by atoms with Crippen LogP contribution in [0.1, 0.15) is 36.9 Å². The van der Waals surface area contributed by atoms with E-state index in [-0.39, 0.29) is 29.6 Å². The van der Waals surface area contributed by atoms with Crippen LogP contribution in [-0.2, 0) is 4.79 Å². The number of amides is 2. The zero-order chi connectivity index (χ0) is 16.2.